The molecule has 2 heteroatoms. The first kappa shape index (κ1) is 14.7. The molecule has 0 spiro atoms. The molecular weight excluding hydrogens is 244 g/mol. The Morgan fingerprint density at radius 3 is 2.80 bits per heavy atom. The second-order valence-electron chi connectivity index (χ2n) is 5.54. The number of aryl methyl sites for hydroxylation is 1. The number of rotatable bonds is 6. The van der Waals surface area contributed by atoms with Gasteiger partial charge < -0.3 is 5.32 Å². The van der Waals surface area contributed by atoms with Crippen molar-refractivity contribution in [3.8, 4) is 0 Å². The van der Waals surface area contributed by atoms with Crippen molar-refractivity contribution in [1.29, 1.82) is 0 Å². The van der Waals surface area contributed by atoms with Crippen LogP contribution in [-0.2, 0) is 0 Å². The molecule has 0 bridgehead atoms. The van der Waals surface area contributed by atoms with Crippen LogP contribution in [0.15, 0.2) is 42.5 Å². The zero-order valence-electron chi connectivity index (χ0n) is 12.7. The third-order valence-corrected chi connectivity index (χ3v) is 3.44. The minimum Gasteiger partial charge on any atom is -0.310 e. The summed E-state index contributed by atoms with van der Waals surface area (Å²) in [5.74, 6) is 0. The maximum atomic E-state index is 4.63. The SMILES string of the molecule is C=C(C)CC(NCCC)c1cc(C)nc2ccccc12. The van der Waals surface area contributed by atoms with E-state index in [4.69, 9.17) is 0 Å². The lowest BCUT2D eigenvalue weighted by atomic mass is 9.96. The summed E-state index contributed by atoms with van der Waals surface area (Å²) in [4.78, 5) is 4.63. The Bertz CT molecular complexity index is 601. The minimum absolute atomic E-state index is 0.319. The topological polar surface area (TPSA) is 24.9 Å². The van der Waals surface area contributed by atoms with Crippen LogP contribution in [0, 0.1) is 6.92 Å². The first-order chi connectivity index (χ1) is 9.61. The van der Waals surface area contributed by atoms with Gasteiger partial charge in [-0.25, -0.2) is 0 Å². The van der Waals surface area contributed by atoms with Crippen LogP contribution < -0.4 is 5.32 Å². The molecule has 1 aromatic carbocycles. The van der Waals surface area contributed by atoms with Crippen LogP contribution in [0.5, 0.6) is 0 Å². The van der Waals surface area contributed by atoms with Crippen LogP contribution in [0.1, 0.15) is 44.0 Å². The van der Waals surface area contributed by atoms with Gasteiger partial charge in [0.25, 0.3) is 0 Å². The molecule has 0 aliphatic rings. The average Bonchev–Trinajstić information content (AvgIpc) is 2.42. The fourth-order valence-corrected chi connectivity index (χ4v) is 2.59. The highest BCUT2D eigenvalue weighted by atomic mass is 14.9. The van der Waals surface area contributed by atoms with Gasteiger partial charge in [-0.05, 0) is 50.9 Å². The zero-order valence-corrected chi connectivity index (χ0v) is 12.7. The van der Waals surface area contributed by atoms with Crippen molar-refractivity contribution in [3.05, 3.63) is 53.7 Å². The van der Waals surface area contributed by atoms with Crippen LogP contribution in [0.25, 0.3) is 10.9 Å². The molecule has 2 nitrogen and oxygen atoms in total. The molecule has 106 valence electrons. The summed E-state index contributed by atoms with van der Waals surface area (Å²) in [6.45, 7) is 11.4. The maximum Gasteiger partial charge on any atom is 0.0708 e. The number of hydrogen-bond acceptors (Lipinski definition) is 2. The van der Waals surface area contributed by atoms with Crippen molar-refractivity contribution in [1.82, 2.24) is 10.3 Å². The van der Waals surface area contributed by atoms with Gasteiger partial charge in [0, 0.05) is 17.1 Å². The van der Waals surface area contributed by atoms with Crippen molar-refractivity contribution in [3.63, 3.8) is 0 Å². The van der Waals surface area contributed by atoms with Crippen molar-refractivity contribution in [2.75, 3.05) is 6.54 Å². The number of para-hydroxylation sites is 1. The van der Waals surface area contributed by atoms with E-state index in [9.17, 15) is 0 Å². The first-order valence-corrected chi connectivity index (χ1v) is 7.36. The molecule has 1 unspecified atom stereocenters. The summed E-state index contributed by atoms with van der Waals surface area (Å²) in [5, 5.41) is 4.89. The Kier molecular flexibility index (Phi) is 4.91. The number of nitrogens with zero attached hydrogens (tertiary/aromatic N) is 1. The van der Waals surface area contributed by atoms with Gasteiger partial charge in [-0.15, -0.1) is 6.58 Å². The molecule has 1 aromatic heterocycles. The van der Waals surface area contributed by atoms with E-state index in [1.54, 1.807) is 0 Å². The van der Waals surface area contributed by atoms with E-state index in [-0.39, 0.29) is 0 Å². The predicted octanol–water partition coefficient (Wildman–Crippen LogP) is 4.55. The van der Waals surface area contributed by atoms with Gasteiger partial charge >= 0.3 is 0 Å². The van der Waals surface area contributed by atoms with E-state index in [0.717, 1.165) is 30.6 Å². The van der Waals surface area contributed by atoms with E-state index in [1.807, 2.05) is 6.07 Å². The summed E-state index contributed by atoms with van der Waals surface area (Å²) < 4.78 is 0. The van der Waals surface area contributed by atoms with Crippen LogP contribution in [-0.4, -0.2) is 11.5 Å². The molecule has 0 aliphatic carbocycles. The molecule has 2 rings (SSSR count). The van der Waals surface area contributed by atoms with Gasteiger partial charge in [-0.2, -0.15) is 0 Å². The maximum absolute atomic E-state index is 4.63. The smallest absolute Gasteiger partial charge is 0.0708 e. The molecular formula is C18H24N2. The summed E-state index contributed by atoms with van der Waals surface area (Å²) in [6, 6.07) is 10.9. The standard InChI is InChI=1S/C18H24N2/c1-5-10-19-18(11-13(2)3)16-12-14(4)20-17-9-7-6-8-15(16)17/h6-9,12,18-19H,2,5,10-11H2,1,3-4H3. The zero-order chi connectivity index (χ0) is 14.5. The van der Waals surface area contributed by atoms with E-state index in [2.05, 4.69) is 61.9 Å². The molecule has 0 saturated carbocycles. The fraction of sp³-hybridized carbons (Fsp3) is 0.389. The minimum atomic E-state index is 0.319. The Balaban J connectivity index is 2.47. The largest absolute Gasteiger partial charge is 0.310 e. The molecule has 20 heavy (non-hydrogen) atoms. The quantitative estimate of drug-likeness (QED) is 0.777. The summed E-state index contributed by atoms with van der Waals surface area (Å²) in [7, 11) is 0. The van der Waals surface area contributed by atoms with Gasteiger partial charge in [0.05, 0.1) is 5.52 Å². The van der Waals surface area contributed by atoms with Crippen LogP contribution in [0.2, 0.25) is 0 Å². The molecule has 0 amide bonds. The highest BCUT2D eigenvalue weighted by Crippen LogP contribution is 2.28. The van der Waals surface area contributed by atoms with Gasteiger partial charge in [0.2, 0.25) is 0 Å². The average molecular weight is 268 g/mol. The van der Waals surface area contributed by atoms with E-state index >= 15 is 0 Å². The van der Waals surface area contributed by atoms with Crippen molar-refractivity contribution >= 4 is 10.9 Å². The van der Waals surface area contributed by atoms with E-state index < -0.39 is 0 Å². The number of benzene rings is 1. The van der Waals surface area contributed by atoms with E-state index in [0.29, 0.717) is 6.04 Å². The van der Waals surface area contributed by atoms with Crippen molar-refractivity contribution in [2.45, 2.75) is 39.7 Å². The molecule has 0 fully saturated rings. The third kappa shape index (κ3) is 3.45. The van der Waals surface area contributed by atoms with E-state index in [1.165, 1.54) is 16.5 Å². The lowest BCUT2D eigenvalue weighted by molar-refractivity contribution is 0.530. The molecule has 0 saturated heterocycles. The molecule has 0 aliphatic heterocycles. The van der Waals surface area contributed by atoms with Gasteiger partial charge in [-0.3, -0.25) is 4.98 Å². The van der Waals surface area contributed by atoms with Crippen LogP contribution in [0.3, 0.4) is 0 Å². The van der Waals surface area contributed by atoms with Crippen LogP contribution in [0.4, 0.5) is 0 Å². The van der Waals surface area contributed by atoms with Gasteiger partial charge in [-0.1, -0.05) is 30.7 Å². The van der Waals surface area contributed by atoms with Gasteiger partial charge in [0.1, 0.15) is 0 Å². The number of nitrogens with one attached hydrogen (secondary N) is 1. The number of fused-ring (bicyclic) bond motifs is 1. The normalized spacial score (nSPS) is 12.6. The first-order valence-electron chi connectivity index (χ1n) is 7.36. The monoisotopic (exact) mass is 268 g/mol. The third-order valence-electron chi connectivity index (χ3n) is 3.44. The lowest BCUT2D eigenvalue weighted by Gasteiger charge is -2.21. The predicted molar refractivity (Wildman–Crippen MR) is 86.9 cm³/mol. The molecule has 0 radical (unpaired) electrons. The van der Waals surface area contributed by atoms with Gasteiger partial charge in [0.15, 0.2) is 0 Å². The molecule has 1 heterocycles. The fourth-order valence-electron chi connectivity index (χ4n) is 2.59. The molecule has 1 atom stereocenters. The Hall–Kier alpha value is -1.67. The lowest BCUT2D eigenvalue weighted by Crippen LogP contribution is -2.23. The molecule has 2 aromatic rings. The van der Waals surface area contributed by atoms with Crippen molar-refractivity contribution in [2.24, 2.45) is 0 Å². The Morgan fingerprint density at radius 1 is 1.35 bits per heavy atom. The Morgan fingerprint density at radius 2 is 2.10 bits per heavy atom. The summed E-state index contributed by atoms with van der Waals surface area (Å²) in [6.07, 6.45) is 2.10. The highest BCUT2D eigenvalue weighted by molar-refractivity contribution is 5.82. The summed E-state index contributed by atoms with van der Waals surface area (Å²) in [5.41, 5.74) is 4.69. The highest BCUT2D eigenvalue weighted by Gasteiger charge is 2.15. The number of aromatic nitrogens is 1. The second kappa shape index (κ2) is 6.67. The molecule has 1 N–H and O–H groups in total. The summed E-state index contributed by atoms with van der Waals surface area (Å²) >= 11 is 0. The second-order valence-corrected chi connectivity index (χ2v) is 5.54. The number of hydrogen-bond donors (Lipinski definition) is 1. The van der Waals surface area contributed by atoms with Crippen molar-refractivity contribution < 1.29 is 0 Å². The number of pyridine rings is 1. The van der Waals surface area contributed by atoms with Crippen LogP contribution >= 0.6 is 0 Å². The Labute approximate surface area is 121 Å².